The smallest absolute Gasteiger partial charge is 0.354 e. The number of benzene rings is 2. The molecule has 4 aromatic rings. The summed E-state index contributed by atoms with van der Waals surface area (Å²) in [5, 5.41) is 9.26. The van der Waals surface area contributed by atoms with Gasteiger partial charge in [0, 0.05) is 23.1 Å². The number of hydrogen-bond donors (Lipinski definition) is 2. The van der Waals surface area contributed by atoms with Gasteiger partial charge in [0.25, 0.3) is 11.8 Å². The second kappa shape index (κ2) is 9.45. The fourth-order valence-corrected chi connectivity index (χ4v) is 3.74. The van der Waals surface area contributed by atoms with Crippen LogP contribution in [0.5, 0.6) is 0 Å². The number of halogens is 5. The maximum absolute atomic E-state index is 13.4. The van der Waals surface area contributed by atoms with Crippen molar-refractivity contribution in [2.75, 3.05) is 12.4 Å². The molecule has 180 valence electrons. The molecule has 2 amide bonds. The third-order valence-corrected chi connectivity index (χ3v) is 5.51. The fraction of sp³-hybridized carbons (Fsp3) is 0.130. The molecule has 0 bridgehead atoms. The Morgan fingerprint density at radius 1 is 1.06 bits per heavy atom. The van der Waals surface area contributed by atoms with Crippen LogP contribution < -0.4 is 10.6 Å². The monoisotopic (exact) mass is 549 g/mol. The zero-order valence-corrected chi connectivity index (χ0v) is 19.5. The summed E-state index contributed by atoms with van der Waals surface area (Å²) in [5.41, 5.74) is -1.00. The molecule has 0 fully saturated rings. The highest BCUT2D eigenvalue weighted by Crippen LogP contribution is 2.32. The molecule has 7 nitrogen and oxygen atoms in total. The molecular formula is C23H16BrF4N5O2. The van der Waals surface area contributed by atoms with Crippen molar-refractivity contribution in [3.05, 3.63) is 87.5 Å². The number of aromatic nitrogens is 3. The summed E-state index contributed by atoms with van der Waals surface area (Å²) in [6.45, 7) is 0.156. The van der Waals surface area contributed by atoms with Crippen LogP contribution in [0.15, 0.2) is 59.2 Å². The van der Waals surface area contributed by atoms with Crippen molar-refractivity contribution in [3.63, 3.8) is 0 Å². The first-order chi connectivity index (χ1) is 16.5. The number of carbonyl (C=O) groups is 2. The zero-order valence-electron chi connectivity index (χ0n) is 18.0. The highest BCUT2D eigenvalue weighted by atomic mass is 79.9. The van der Waals surface area contributed by atoms with Gasteiger partial charge < -0.3 is 10.6 Å². The topological polar surface area (TPSA) is 88.9 Å². The standard InChI is InChI=1S/C23H16BrF4N5O2/c1-29-22(35)20-18(11-33(32-20)10-12-2-5-14(25)6-3-12)31-21(34)16-9-19(23(26,27)28)30-17-7-4-13(24)8-15(16)17/h2-9,11H,10H2,1H3,(H,29,35)(H,31,34). The zero-order chi connectivity index (χ0) is 25.3. The van der Waals surface area contributed by atoms with Gasteiger partial charge >= 0.3 is 6.18 Å². The lowest BCUT2D eigenvalue weighted by Gasteiger charge is -2.12. The Bertz CT molecular complexity index is 1430. The molecule has 0 aliphatic heterocycles. The number of pyridine rings is 1. The van der Waals surface area contributed by atoms with Crippen LogP contribution >= 0.6 is 15.9 Å². The van der Waals surface area contributed by atoms with Gasteiger partial charge in [0.15, 0.2) is 5.69 Å². The molecule has 0 aliphatic rings. The number of nitrogens with one attached hydrogen (secondary N) is 2. The lowest BCUT2D eigenvalue weighted by molar-refractivity contribution is -0.140. The van der Waals surface area contributed by atoms with Crippen molar-refractivity contribution < 1.29 is 27.2 Å². The Morgan fingerprint density at radius 2 is 1.77 bits per heavy atom. The van der Waals surface area contributed by atoms with Gasteiger partial charge in [-0.15, -0.1) is 0 Å². The fourth-order valence-electron chi connectivity index (χ4n) is 3.38. The number of nitrogens with zero attached hydrogens (tertiary/aromatic N) is 3. The van der Waals surface area contributed by atoms with E-state index in [1.165, 1.54) is 60.4 Å². The minimum atomic E-state index is -4.77. The highest BCUT2D eigenvalue weighted by Gasteiger charge is 2.34. The first-order valence-electron chi connectivity index (χ1n) is 10.1. The van der Waals surface area contributed by atoms with Crippen LogP contribution in [0.3, 0.4) is 0 Å². The number of alkyl halides is 3. The Labute approximate surface area is 204 Å². The van der Waals surface area contributed by atoms with Crippen LogP contribution in [0, 0.1) is 5.82 Å². The molecule has 0 aliphatic carbocycles. The van der Waals surface area contributed by atoms with Gasteiger partial charge in [-0.3, -0.25) is 14.3 Å². The molecule has 4 rings (SSSR count). The number of amides is 2. The van der Waals surface area contributed by atoms with Gasteiger partial charge in [-0.25, -0.2) is 9.37 Å². The SMILES string of the molecule is CNC(=O)c1nn(Cc2ccc(F)cc2)cc1NC(=O)c1cc(C(F)(F)F)nc2ccc(Br)cc12. The Morgan fingerprint density at radius 3 is 2.43 bits per heavy atom. The average Bonchev–Trinajstić information content (AvgIpc) is 3.20. The second-order valence-electron chi connectivity index (χ2n) is 7.46. The maximum Gasteiger partial charge on any atom is 0.433 e. The van der Waals surface area contributed by atoms with Crippen LogP contribution in [0.25, 0.3) is 10.9 Å². The van der Waals surface area contributed by atoms with Gasteiger partial charge in [0.1, 0.15) is 11.5 Å². The van der Waals surface area contributed by atoms with Gasteiger partial charge in [-0.1, -0.05) is 28.1 Å². The van der Waals surface area contributed by atoms with E-state index in [1.54, 1.807) is 0 Å². The average molecular weight is 550 g/mol. The Hall–Kier alpha value is -3.80. The van der Waals surface area contributed by atoms with Crippen LogP contribution in [0.2, 0.25) is 0 Å². The van der Waals surface area contributed by atoms with Crippen LogP contribution in [-0.2, 0) is 12.7 Å². The molecule has 0 unspecified atom stereocenters. The van der Waals surface area contributed by atoms with E-state index in [2.05, 4.69) is 36.6 Å². The Balaban J connectivity index is 1.73. The van der Waals surface area contributed by atoms with Crippen LogP contribution in [-0.4, -0.2) is 33.6 Å². The molecule has 0 radical (unpaired) electrons. The molecule has 2 heterocycles. The molecule has 12 heteroatoms. The van der Waals surface area contributed by atoms with Crippen molar-refractivity contribution in [1.29, 1.82) is 0 Å². The van der Waals surface area contributed by atoms with E-state index in [9.17, 15) is 27.2 Å². The van der Waals surface area contributed by atoms with E-state index in [-0.39, 0.29) is 34.4 Å². The first kappa shape index (κ1) is 24.3. The summed E-state index contributed by atoms with van der Waals surface area (Å²) in [4.78, 5) is 29.1. The van der Waals surface area contributed by atoms with Crippen molar-refractivity contribution >= 4 is 44.3 Å². The molecule has 2 aromatic heterocycles. The highest BCUT2D eigenvalue weighted by molar-refractivity contribution is 9.10. The van der Waals surface area contributed by atoms with Gasteiger partial charge in [0.2, 0.25) is 0 Å². The van der Waals surface area contributed by atoms with E-state index in [1.807, 2.05) is 0 Å². The van der Waals surface area contributed by atoms with Gasteiger partial charge in [-0.05, 0) is 42.0 Å². The van der Waals surface area contributed by atoms with Crippen molar-refractivity contribution in [2.45, 2.75) is 12.7 Å². The predicted octanol–water partition coefficient (Wildman–Crippen LogP) is 5.01. The Kier molecular flexibility index (Phi) is 6.57. The quantitative estimate of drug-likeness (QED) is 0.342. The lowest BCUT2D eigenvalue weighted by Crippen LogP contribution is -2.22. The first-order valence-corrected chi connectivity index (χ1v) is 10.9. The molecule has 0 atom stereocenters. The third-order valence-electron chi connectivity index (χ3n) is 5.02. The second-order valence-corrected chi connectivity index (χ2v) is 8.38. The van der Waals surface area contributed by atoms with E-state index >= 15 is 0 Å². The normalized spacial score (nSPS) is 11.5. The molecule has 35 heavy (non-hydrogen) atoms. The third kappa shape index (κ3) is 5.32. The largest absolute Gasteiger partial charge is 0.433 e. The van der Waals surface area contributed by atoms with Crippen molar-refractivity contribution in [1.82, 2.24) is 20.1 Å². The van der Waals surface area contributed by atoms with Crippen molar-refractivity contribution in [2.24, 2.45) is 0 Å². The number of carbonyl (C=O) groups excluding carboxylic acids is 2. The summed E-state index contributed by atoms with van der Waals surface area (Å²) in [7, 11) is 1.37. The summed E-state index contributed by atoms with van der Waals surface area (Å²) >= 11 is 3.25. The molecule has 0 saturated carbocycles. The molecule has 0 saturated heterocycles. The minimum Gasteiger partial charge on any atom is -0.354 e. The van der Waals surface area contributed by atoms with E-state index in [4.69, 9.17) is 0 Å². The minimum absolute atomic E-state index is 0.00928. The molecular weight excluding hydrogens is 534 g/mol. The van der Waals surface area contributed by atoms with E-state index in [0.29, 0.717) is 16.1 Å². The molecule has 0 spiro atoms. The van der Waals surface area contributed by atoms with Gasteiger partial charge in [-0.2, -0.15) is 18.3 Å². The van der Waals surface area contributed by atoms with Crippen LogP contribution in [0.1, 0.15) is 32.1 Å². The number of anilines is 1. The summed E-state index contributed by atoms with van der Waals surface area (Å²) < 4.78 is 55.4. The summed E-state index contributed by atoms with van der Waals surface area (Å²) in [5.74, 6) is -1.91. The van der Waals surface area contributed by atoms with Crippen LogP contribution in [0.4, 0.5) is 23.2 Å². The summed E-state index contributed by atoms with van der Waals surface area (Å²) in [6.07, 6.45) is -3.40. The predicted molar refractivity (Wildman–Crippen MR) is 124 cm³/mol. The number of fused-ring (bicyclic) bond motifs is 1. The lowest BCUT2D eigenvalue weighted by atomic mass is 10.1. The molecule has 2 N–H and O–H groups in total. The van der Waals surface area contributed by atoms with E-state index in [0.717, 1.165) is 0 Å². The molecule has 2 aromatic carbocycles. The van der Waals surface area contributed by atoms with E-state index < -0.39 is 29.5 Å². The van der Waals surface area contributed by atoms with Gasteiger partial charge in [0.05, 0.1) is 23.3 Å². The maximum atomic E-state index is 13.4. The number of hydrogen-bond acceptors (Lipinski definition) is 4. The van der Waals surface area contributed by atoms with Crippen molar-refractivity contribution in [3.8, 4) is 0 Å². The summed E-state index contributed by atoms with van der Waals surface area (Å²) in [6, 6.07) is 10.6. The number of rotatable bonds is 5.